The number of aromatic amines is 1. The molecule has 3 rings (SSSR count). The normalized spacial score (nSPS) is 10.6. The zero-order chi connectivity index (χ0) is 17.6. The van der Waals surface area contributed by atoms with Gasteiger partial charge in [-0.1, -0.05) is 30.3 Å². The number of rotatable bonds is 6. The van der Waals surface area contributed by atoms with E-state index in [1.54, 1.807) is 6.07 Å². The Morgan fingerprint density at radius 2 is 1.84 bits per heavy atom. The number of fused-ring (bicyclic) bond motifs is 1. The number of aromatic nitrogens is 1. The number of hydrogen-bond acceptors (Lipinski definition) is 2. The Bertz CT molecular complexity index is 887. The first-order valence-electron chi connectivity index (χ1n) is 8.02. The van der Waals surface area contributed by atoms with Crippen molar-refractivity contribution in [1.29, 1.82) is 0 Å². The molecule has 1 heterocycles. The van der Waals surface area contributed by atoms with Gasteiger partial charge in [0.05, 0.1) is 0 Å². The molecule has 0 aliphatic rings. The highest BCUT2D eigenvalue weighted by Gasteiger charge is 2.10. The van der Waals surface area contributed by atoms with E-state index in [0.717, 1.165) is 22.0 Å². The molecule has 0 bridgehead atoms. The average molecular weight is 337 g/mol. The summed E-state index contributed by atoms with van der Waals surface area (Å²) in [7, 11) is 0. The molecule has 0 unspecified atom stereocenters. The van der Waals surface area contributed by atoms with Crippen molar-refractivity contribution in [2.75, 3.05) is 6.54 Å². The van der Waals surface area contributed by atoms with Crippen LogP contribution in [0.3, 0.4) is 0 Å². The van der Waals surface area contributed by atoms with Crippen LogP contribution in [-0.2, 0) is 13.0 Å². The smallest absolute Gasteiger partial charge is 0.404 e. The van der Waals surface area contributed by atoms with Gasteiger partial charge in [-0.25, -0.2) is 4.79 Å². The first-order chi connectivity index (χ1) is 12.1. The summed E-state index contributed by atoms with van der Waals surface area (Å²) in [4.78, 5) is 26.1. The number of H-pyrrole nitrogens is 1. The first-order valence-corrected chi connectivity index (χ1v) is 8.02. The molecule has 0 fully saturated rings. The van der Waals surface area contributed by atoms with E-state index in [9.17, 15) is 9.59 Å². The molecule has 0 aliphatic carbocycles. The SMILES string of the molecule is O=C(O)NCCc1c[nH]c2ccc(C(=O)NCc3ccccc3)cc12. The Hall–Kier alpha value is -3.28. The van der Waals surface area contributed by atoms with Crippen LogP contribution in [0.4, 0.5) is 4.79 Å². The fourth-order valence-corrected chi connectivity index (χ4v) is 2.71. The summed E-state index contributed by atoms with van der Waals surface area (Å²) in [5.74, 6) is -0.137. The molecule has 3 aromatic rings. The molecule has 0 aliphatic heterocycles. The molecule has 25 heavy (non-hydrogen) atoms. The monoisotopic (exact) mass is 337 g/mol. The van der Waals surface area contributed by atoms with Gasteiger partial charge in [-0.3, -0.25) is 4.79 Å². The van der Waals surface area contributed by atoms with Crippen molar-refractivity contribution in [3.63, 3.8) is 0 Å². The number of carbonyl (C=O) groups excluding carboxylic acids is 1. The van der Waals surface area contributed by atoms with Crippen LogP contribution in [0.25, 0.3) is 10.9 Å². The fourth-order valence-electron chi connectivity index (χ4n) is 2.71. The summed E-state index contributed by atoms with van der Waals surface area (Å²) in [6.07, 6.45) is 1.36. The van der Waals surface area contributed by atoms with E-state index in [1.807, 2.05) is 48.7 Å². The summed E-state index contributed by atoms with van der Waals surface area (Å²) in [5.41, 5.74) is 3.51. The molecular formula is C19H19N3O3. The molecule has 0 atom stereocenters. The molecule has 1 aromatic heterocycles. The zero-order valence-electron chi connectivity index (χ0n) is 13.6. The number of carboxylic acid groups (broad SMARTS) is 1. The Labute approximate surface area is 144 Å². The summed E-state index contributed by atoms with van der Waals surface area (Å²) in [6.45, 7) is 0.799. The molecule has 6 heteroatoms. The Kier molecular flexibility index (Phi) is 4.99. The second-order valence-corrected chi connectivity index (χ2v) is 5.72. The van der Waals surface area contributed by atoms with Gasteiger partial charge in [-0.05, 0) is 35.7 Å². The molecule has 0 saturated heterocycles. The van der Waals surface area contributed by atoms with Crippen LogP contribution >= 0.6 is 0 Å². The predicted octanol–water partition coefficient (Wildman–Crippen LogP) is 2.91. The fraction of sp³-hybridized carbons (Fsp3) is 0.158. The molecule has 0 saturated carbocycles. The van der Waals surface area contributed by atoms with Gasteiger partial charge in [0.2, 0.25) is 0 Å². The topological polar surface area (TPSA) is 94.2 Å². The highest BCUT2D eigenvalue weighted by Crippen LogP contribution is 2.20. The maximum absolute atomic E-state index is 12.4. The summed E-state index contributed by atoms with van der Waals surface area (Å²) in [6, 6.07) is 15.2. The van der Waals surface area contributed by atoms with Gasteiger partial charge >= 0.3 is 6.09 Å². The lowest BCUT2D eigenvalue weighted by atomic mass is 10.1. The van der Waals surface area contributed by atoms with E-state index < -0.39 is 6.09 Å². The van der Waals surface area contributed by atoms with Gasteiger partial charge in [0, 0.05) is 35.8 Å². The van der Waals surface area contributed by atoms with Gasteiger partial charge in [0.25, 0.3) is 5.91 Å². The van der Waals surface area contributed by atoms with E-state index in [1.165, 1.54) is 0 Å². The lowest BCUT2D eigenvalue weighted by Gasteiger charge is -2.06. The van der Waals surface area contributed by atoms with Gasteiger partial charge < -0.3 is 20.7 Å². The second kappa shape index (κ2) is 7.53. The van der Waals surface area contributed by atoms with E-state index in [-0.39, 0.29) is 5.91 Å². The van der Waals surface area contributed by atoms with Crippen LogP contribution in [-0.4, -0.2) is 28.6 Å². The van der Waals surface area contributed by atoms with Gasteiger partial charge in [-0.2, -0.15) is 0 Å². The first kappa shape index (κ1) is 16.6. The van der Waals surface area contributed by atoms with Gasteiger partial charge in [0.15, 0.2) is 0 Å². The summed E-state index contributed by atoms with van der Waals surface area (Å²) < 4.78 is 0. The minimum Gasteiger partial charge on any atom is -0.465 e. The number of benzene rings is 2. The Balaban J connectivity index is 1.71. The molecule has 128 valence electrons. The number of amides is 2. The summed E-state index contributed by atoms with van der Waals surface area (Å²) in [5, 5.41) is 14.8. The molecule has 4 N–H and O–H groups in total. The van der Waals surface area contributed by atoms with Crippen molar-refractivity contribution in [2.24, 2.45) is 0 Å². The van der Waals surface area contributed by atoms with E-state index in [0.29, 0.717) is 25.1 Å². The average Bonchev–Trinajstić information content (AvgIpc) is 3.02. The molecular weight excluding hydrogens is 318 g/mol. The molecule has 2 aromatic carbocycles. The van der Waals surface area contributed by atoms with Gasteiger partial charge in [-0.15, -0.1) is 0 Å². The third kappa shape index (κ3) is 4.17. The number of hydrogen-bond donors (Lipinski definition) is 4. The summed E-state index contributed by atoms with van der Waals surface area (Å²) >= 11 is 0. The quantitative estimate of drug-likeness (QED) is 0.557. The van der Waals surface area contributed by atoms with E-state index >= 15 is 0 Å². The number of carbonyl (C=O) groups is 2. The van der Waals surface area contributed by atoms with Crippen LogP contribution in [0.2, 0.25) is 0 Å². The van der Waals surface area contributed by atoms with Crippen LogP contribution < -0.4 is 10.6 Å². The standard InChI is InChI=1S/C19H19N3O3/c23-18(22-11-13-4-2-1-3-5-13)14-6-7-17-16(10-14)15(12-21-17)8-9-20-19(24)25/h1-7,10,12,20-21H,8-9,11H2,(H,22,23)(H,24,25). The minimum absolute atomic E-state index is 0.137. The molecule has 2 amide bonds. The van der Waals surface area contributed by atoms with Crippen molar-refractivity contribution in [1.82, 2.24) is 15.6 Å². The highest BCUT2D eigenvalue weighted by atomic mass is 16.4. The Morgan fingerprint density at radius 3 is 2.60 bits per heavy atom. The van der Waals surface area contributed by atoms with Crippen molar-refractivity contribution < 1.29 is 14.7 Å². The molecule has 0 radical (unpaired) electrons. The lowest BCUT2D eigenvalue weighted by molar-refractivity contribution is 0.0951. The largest absolute Gasteiger partial charge is 0.465 e. The Morgan fingerprint density at radius 1 is 1.04 bits per heavy atom. The van der Waals surface area contributed by atoms with Crippen LogP contribution in [0.5, 0.6) is 0 Å². The van der Waals surface area contributed by atoms with Crippen molar-refractivity contribution in [3.8, 4) is 0 Å². The number of nitrogens with one attached hydrogen (secondary N) is 3. The minimum atomic E-state index is -1.04. The van der Waals surface area contributed by atoms with Gasteiger partial charge in [0.1, 0.15) is 0 Å². The van der Waals surface area contributed by atoms with E-state index in [4.69, 9.17) is 5.11 Å². The lowest BCUT2D eigenvalue weighted by Crippen LogP contribution is -2.23. The third-order valence-electron chi connectivity index (χ3n) is 4.00. The predicted molar refractivity (Wildman–Crippen MR) is 95.6 cm³/mol. The maximum atomic E-state index is 12.4. The van der Waals surface area contributed by atoms with Crippen LogP contribution in [0.1, 0.15) is 21.5 Å². The zero-order valence-corrected chi connectivity index (χ0v) is 13.6. The maximum Gasteiger partial charge on any atom is 0.404 e. The second-order valence-electron chi connectivity index (χ2n) is 5.72. The molecule has 0 spiro atoms. The molecule has 6 nitrogen and oxygen atoms in total. The third-order valence-corrected chi connectivity index (χ3v) is 4.00. The van der Waals surface area contributed by atoms with Crippen LogP contribution in [0.15, 0.2) is 54.7 Å². The van der Waals surface area contributed by atoms with Crippen molar-refractivity contribution in [3.05, 3.63) is 71.4 Å². The van der Waals surface area contributed by atoms with Crippen molar-refractivity contribution in [2.45, 2.75) is 13.0 Å². The van der Waals surface area contributed by atoms with Crippen molar-refractivity contribution >= 4 is 22.9 Å². The van der Waals surface area contributed by atoms with E-state index in [2.05, 4.69) is 15.6 Å². The van der Waals surface area contributed by atoms with Crippen LogP contribution in [0, 0.1) is 0 Å². The highest BCUT2D eigenvalue weighted by molar-refractivity contribution is 5.98.